The van der Waals surface area contributed by atoms with Crippen molar-refractivity contribution in [1.82, 2.24) is 5.32 Å². The van der Waals surface area contributed by atoms with Crippen molar-refractivity contribution in [2.24, 2.45) is 0 Å². The van der Waals surface area contributed by atoms with Gasteiger partial charge in [0.05, 0.1) is 19.0 Å². The summed E-state index contributed by atoms with van der Waals surface area (Å²) in [6.07, 6.45) is 1.54. The van der Waals surface area contributed by atoms with Gasteiger partial charge in [-0.15, -0.1) is 11.8 Å². The Morgan fingerprint density at radius 1 is 1.08 bits per heavy atom. The third-order valence-electron chi connectivity index (χ3n) is 3.82. The number of carbonyl (C=O) groups is 1. The molecule has 1 heterocycles. The van der Waals surface area contributed by atoms with E-state index in [0.717, 1.165) is 28.4 Å². The van der Waals surface area contributed by atoms with Crippen LogP contribution in [0.3, 0.4) is 0 Å². The van der Waals surface area contributed by atoms with Crippen molar-refractivity contribution in [3.8, 4) is 11.5 Å². The second kappa shape index (κ2) is 9.40. The predicted molar refractivity (Wildman–Crippen MR) is 106 cm³/mol. The van der Waals surface area contributed by atoms with Crippen molar-refractivity contribution in [2.75, 3.05) is 25.5 Å². The number of hydrogen-bond donors (Lipinski definition) is 1. The molecule has 3 rings (SSSR count). The summed E-state index contributed by atoms with van der Waals surface area (Å²) in [6.45, 7) is 1.84. The number of halogens is 2. The number of carbonyl (C=O) groups excluding carboxylic acids is 1. The minimum Gasteiger partial charge on any atom is -0.490 e. The highest BCUT2D eigenvalue weighted by Crippen LogP contribution is 2.33. The standard InChI is InChI=1S/C19H19Cl2NO3S/c20-14-3-2-13(16(21)10-14)6-7-22-19(23)12-26-15-4-5-17-18(11-15)25-9-1-8-24-17/h2-5,10-11H,1,6-9,12H2,(H,22,23). The highest BCUT2D eigenvalue weighted by Gasteiger charge is 2.12. The molecule has 7 heteroatoms. The van der Waals surface area contributed by atoms with E-state index >= 15 is 0 Å². The summed E-state index contributed by atoms with van der Waals surface area (Å²) in [6, 6.07) is 11.1. The lowest BCUT2D eigenvalue weighted by atomic mass is 10.1. The molecule has 1 amide bonds. The van der Waals surface area contributed by atoms with Crippen molar-refractivity contribution in [2.45, 2.75) is 17.7 Å². The minimum absolute atomic E-state index is 0.0211. The van der Waals surface area contributed by atoms with Crippen LogP contribution in [0.5, 0.6) is 11.5 Å². The van der Waals surface area contributed by atoms with Crippen LogP contribution in [0.1, 0.15) is 12.0 Å². The second-order valence-electron chi connectivity index (χ2n) is 5.78. The molecule has 0 aromatic heterocycles. The molecule has 0 spiro atoms. The average Bonchev–Trinajstić information content (AvgIpc) is 2.86. The summed E-state index contributed by atoms with van der Waals surface area (Å²) in [4.78, 5) is 13.0. The molecule has 1 N–H and O–H groups in total. The van der Waals surface area contributed by atoms with Gasteiger partial charge in [0.15, 0.2) is 11.5 Å². The van der Waals surface area contributed by atoms with E-state index in [-0.39, 0.29) is 5.91 Å². The fourth-order valence-corrected chi connectivity index (χ4v) is 3.75. The fraction of sp³-hybridized carbons (Fsp3) is 0.316. The first-order chi connectivity index (χ1) is 12.6. The molecule has 2 aromatic carbocycles. The molecule has 26 heavy (non-hydrogen) atoms. The van der Waals surface area contributed by atoms with Gasteiger partial charge < -0.3 is 14.8 Å². The molecule has 1 aliphatic rings. The van der Waals surface area contributed by atoms with Gasteiger partial charge in [-0.2, -0.15) is 0 Å². The van der Waals surface area contributed by atoms with Crippen molar-refractivity contribution < 1.29 is 14.3 Å². The van der Waals surface area contributed by atoms with Gasteiger partial charge >= 0.3 is 0 Å². The first-order valence-electron chi connectivity index (χ1n) is 8.35. The number of thioether (sulfide) groups is 1. The maximum Gasteiger partial charge on any atom is 0.230 e. The van der Waals surface area contributed by atoms with Gasteiger partial charge in [0, 0.05) is 27.9 Å². The molecule has 0 fully saturated rings. The van der Waals surface area contributed by atoms with E-state index in [9.17, 15) is 4.79 Å². The number of hydrogen-bond acceptors (Lipinski definition) is 4. The van der Waals surface area contributed by atoms with Crippen LogP contribution >= 0.6 is 35.0 Å². The molecule has 1 aliphatic heterocycles. The van der Waals surface area contributed by atoms with E-state index in [1.807, 2.05) is 24.3 Å². The smallest absolute Gasteiger partial charge is 0.230 e. The van der Waals surface area contributed by atoms with Gasteiger partial charge in [-0.3, -0.25) is 4.79 Å². The van der Waals surface area contributed by atoms with E-state index in [0.29, 0.717) is 42.0 Å². The topological polar surface area (TPSA) is 47.6 Å². The Labute approximate surface area is 167 Å². The number of ether oxygens (including phenoxy) is 2. The largest absolute Gasteiger partial charge is 0.490 e. The summed E-state index contributed by atoms with van der Waals surface area (Å²) >= 11 is 13.5. The van der Waals surface area contributed by atoms with Crippen LogP contribution in [0, 0.1) is 0 Å². The van der Waals surface area contributed by atoms with Crippen molar-refractivity contribution in [3.05, 3.63) is 52.0 Å². The second-order valence-corrected chi connectivity index (χ2v) is 7.68. The maximum atomic E-state index is 12.0. The first-order valence-corrected chi connectivity index (χ1v) is 10.1. The molecule has 0 aliphatic carbocycles. The normalized spacial score (nSPS) is 13.2. The van der Waals surface area contributed by atoms with Crippen LogP contribution in [-0.4, -0.2) is 31.4 Å². The zero-order valence-electron chi connectivity index (χ0n) is 14.1. The molecule has 0 saturated carbocycles. The Balaban J connectivity index is 1.44. The molecule has 0 bridgehead atoms. The summed E-state index contributed by atoms with van der Waals surface area (Å²) < 4.78 is 11.3. The van der Waals surface area contributed by atoms with E-state index in [1.54, 1.807) is 12.1 Å². The Hall–Kier alpha value is -1.56. The van der Waals surface area contributed by atoms with E-state index < -0.39 is 0 Å². The number of fused-ring (bicyclic) bond motifs is 1. The Morgan fingerprint density at radius 2 is 1.88 bits per heavy atom. The molecular formula is C19H19Cl2NO3S. The predicted octanol–water partition coefficient (Wildman–Crippen LogP) is 4.61. The third-order valence-corrected chi connectivity index (χ3v) is 5.40. The molecule has 138 valence electrons. The van der Waals surface area contributed by atoms with Crippen molar-refractivity contribution in [1.29, 1.82) is 0 Å². The van der Waals surface area contributed by atoms with Gasteiger partial charge in [0.1, 0.15) is 0 Å². The zero-order chi connectivity index (χ0) is 18.4. The van der Waals surface area contributed by atoms with Crippen LogP contribution in [-0.2, 0) is 11.2 Å². The molecule has 0 atom stereocenters. The molecule has 0 saturated heterocycles. The number of amides is 1. The lowest BCUT2D eigenvalue weighted by Crippen LogP contribution is -2.27. The van der Waals surface area contributed by atoms with Gasteiger partial charge in [-0.25, -0.2) is 0 Å². The third kappa shape index (κ3) is 5.47. The van der Waals surface area contributed by atoms with E-state index in [2.05, 4.69) is 5.32 Å². The molecule has 0 unspecified atom stereocenters. The van der Waals surface area contributed by atoms with Crippen LogP contribution in [0.2, 0.25) is 10.0 Å². The van der Waals surface area contributed by atoms with Gasteiger partial charge in [0.25, 0.3) is 0 Å². The van der Waals surface area contributed by atoms with Gasteiger partial charge in [0.2, 0.25) is 5.91 Å². The Kier molecular flexibility index (Phi) is 6.94. The first kappa shape index (κ1) is 19.2. The molecular weight excluding hydrogens is 393 g/mol. The van der Waals surface area contributed by atoms with Gasteiger partial charge in [-0.05, 0) is 42.3 Å². The lowest BCUT2D eigenvalue weighted by Gasteiger charge is -2.10. The van der Waals surface area contributed by atoms with Crippen LogP contribution in [0.25, 0.3) is 0 Å². The van der Waals surface area contributed by atoms with Crippen LogP contribution in [0.15, 0.2) is 41.3 Å². The Bertz CT molecular complexity index is 785. The van der Waals surface area contributed by atoms with E-state index in [1.165, 1.54) is 11.8 Å². The summed E-state index contributed by atoms with van der Waals surface area (Å²) in [5.74, 6) is 1.82. The van der Waals surface area contributed by atoms with Crippen molar-refractivity contribution in [3.63, 3.8) is 0 Å². The highest BCUT2D eigenvalue weighted by atomic mass is 35.5. The Morgan fingerprint density at radius 3 is 2.69 bits per heavy atom. The summed E-state index contributed by atoms with van der Waals surface area (Å²) in [7, 11) is 0. The number of nitrogens with one attached hydrogen (secondary N) is 1. The number of benzene rings is 2. The van der Waals surface area contributed by atoms with Gasteiger partial charge in [-0.1, -0.05) is 29.3 Å². The average molecular weight is 412 g/mol. The monoisotopic (exact) mass is 411 g/mol. The number of rotatable bonds is 6. The lowest BCUT2D eigenvalue weighted by molar-refractivity contribution is -0.118. The quantitative estimate of drug-likeness (QED) is 0.705. The van der Waals surface area contributed by atoms with E-state index in [4.69, 9.17) is 32.7 Å². The molecule has 2 aromatic rings. The highest BCUT2D eigenvalue weighted by molar-refractivity contribution is 8.00. The molecule has 4 nitrogen and oxygen atoms in total. The van der Waals surface area contributed by atoms with Crippen molar-refractivity contribution >= 4 is 40.9 Å². The summed E-state index contributed by atoms with van der Waals surface area (Å²) in [5, 5.41) is 4.13. The fourth-order valence-electron chi connectivity index (χ4n) is 2.49. The van der Waals surface area contributed by atoms with Crippen LogP contribution in [0.4, 0.5) is 0 Å². The minimum atomic E-state index is -0.0211. The molecule has 0 radical (unpaired) electrons. The maximum absolute atomic E-state index is 12.0. The van der Waals surface area contributed by atoms with Crippen LogP contribution < -0.4 is 14.8 Å². The SMILES string of the molecule is O=C(CSc1ccc2c(c1)OCCCO2)NCCc1ccc(Cl)cc1Cl. The zero-order valence-corrected chi connectivity index (χ0v) is 16.4. The summed E-state index contributed by atoms with van der Waals surface area (Å²) in [5.41, 5.74) is 0.965.